The molecule has 0 aliphatic heterocycles. The molecule has 2 rings (SSSR count). The van der Waals surface area contributed by atoms with Crippen LogP contribution >= 0.6 is 23.4 Å². The third-order valence-corrected chi connectivity index (χ3v) is 4.70. The van der Waals surface area contributed by atoms with E-state index in [1.54, 1.807) is 48.2 Å². The van der Waals surface area contributed by atoms with Gasteiger partial charge in [0.15, 0.2) is 0 Å². The van der Waals surface area contributed by atoms with Gasteiger partial charge in [-0.05, 0) is 48.3 Å². The van der Waals surface area contributed by atoms with E-state index >= 15 is 0 Å². The number of halogens is 2. The van der Waals surface area contributed by atoms with E-state index in [0.717, 1.165) is 11.3 Å². The minimum absolute atomic E-state index is 0.261. The van der Waals surface area contributed by atoms with E-state index in [1.165, 1.54) is 12.1 Å². The van der Waals surface area contributed by atoms with Gasteiger partial charge in [-0.15, -0.1) is 0 Å². The first kappa shape index (κ1) is 20.3. The fraction of sp³-hybridized carbons (Fsp3) is 0.263. The van der Waals surface area contributed by atoms with E-state index in [0.29, 0.717) is 17.0 Å². The topological polar surface area (TPSA) is 58.2 Å². The van der Waals surface area contributed by atoms with Crippen LogP contribution in [0.4, 0.5) is 4.39 Å². The highest BCUT2D eigenvalue weighted by Gasteiger charge is 2.21. The standard InChI is InChI=1S/C19H20ClFN2O2S/c1-26-11-10-17(23-18(24)15-4-2-3-5-16(15)20)19(25)22-12-13-6-8-14(21)9-7-13/h2-9,17H,10-12H2,1H3,(H,22,25)(H,23,24). The maximum atomic E-state index is 12.9. The van der Waals surface area contributed by atoms with Gasteiger partial charge in [0.1, 0.15) is 11.9 Å². The summed E-state index contributed by atoms with van der Waals surface area (Å²) >= 11 is 7.63. The maximum Gasteiger partial charge on any atom is 0.253 e. The Morgan fingerprint density at radius 3 is 2.50 bits per heavy atom. The molecular formula is C19H20ClFN2O2S. The lowest BCUT2D eigenvalue weighted by Crippen LogP contribution is -2.47. The van der Waals surface area contributed by atoms with Crippen molar-refractivity contribution in [1.82, 2.24) is 10.6 Å². The Morgan fingerprint density at radius 2 is 1.85 bits per heavy atom. The smallest absolute Gasteiger partial charge is 0.253 e. The molecule has 0 saturated carbocycles. The molecule has 0 radical (unpaired) electrons. The molecular weight excluding hydrogens is 375 g/mol. The van der Waals surface area contributed by atoms with Gasteiger partial charge in [-0.25, -0.2) is 4.39 Å². The molecule has 26 heavy (non-hydrogen) atoms. The molecule has 7 heteroatoms. The fourth-order valence-electron chi connectivity index (χ4n) is 2.30. The first-order chi connectivity index (χ1) is 12.5. The molecule has 0 aliphatic rings. The van der Waals surface area contributed by atoms with Crippen molar-refractivity contribution in [2.75, 3.05) is 12.0 Å². The van der Waals surface area contributed by atoms with Crippen LogP contribution in [-0.4, -0.2) is 29.9 Å². The molecule has 2 aromatic carbocycles. The average Bonchev–Trinajstić information content (AvgIpc) is 2.64. The van der Waals surface area contributed by atoms with Crippen LogP contribution in [-0.2, 0) is 11.3 Å². The highest BCUT2D eigenvalue weighted by molar-refractivity contribution is 7.98. The number of thioether (sulfide) groups is 1. The summed E-state index contributed by atoms with van der Waals surface area (Å²) in [6.07, 6.45) is 2.43. The number of rotatable bonds is 8. The Bertz CT molecular complexity index is 755. The fourth-order valence-corrected chi connectivity index (χ4v) is 2.99. The first-order valence-corrected chi connectivity index (χ1v) is 9.85. The monoisotopic (exact) mass is 394 g/mol. The Hall–Kier alpha value is -2.05. The van der Waals surface area contributed by atoms with Gasteiger partial charge in [0.2, 0.25) is 5.91 Å². The molecule has 138 valence electrons. The van der Waals surface area contributed by atoms with Gasteiger partial charge in [0, 0.05) is 6.54 Å². The molecule has 0 bridgehead atoms. The van der Waals surface area contributed by atoms with Crippen LogP contribution in [0.5, 0.6) is 0 Å². The number of nitrogens with one attached hydrogen (secondary N) is 2. The molecule has 4 nitrogen and oxygen atoms in total. The van der Waals surface area contributed by atoms with E-state index in [2.05, 4.69) is 10.6 Å². The van der Waals surface area contributed by atoms with Crippen molar-refractivity contribution < 1.29 is 14.0 Å². The molecule has 2 N–H and O–H groups in total. The van der Waals surface area contributed by atoms with Crippen molar-refractivity contribution in [3.05, 3.63) is 70.5 Å². The number of hydrogen-bond acceptors (Lipinski definition) is 3. The molecule has 0 fully saturated rings. The molecule has 0 aromatic heterocycles. The Labute approximate surface area is 161 Å². The lowest BCUT2D eigenvalue weighted by Gasteiger charge is -2.18. The van der Waals surface area contributed by atoms with Gasteiger partial charge in [-0.2, -0.15) is 11.8 Å². The summed E-state index contributed by atoms with van der Waals surface area (Å²) < 4.78 is 12.9. The number of amides is 2. The van der Waals surface area contributed by atoms with Gasteiger partial charge in [0.25, 0.3) is 5.91 Å². The van der Waals surface area contributed by atoms with Gasteiger partial charge < -0.3 is 10.6 Å². The molecule has 0 saturated heterocycles. The summed E-state index contributed by atoms with van der Waals surface area (Å²) in [6, 6.07) is 11.9. The lowest BCUT2D eigenvalue weighted by molar-refractivity contribution is -0.123. The second-order valence-electron chi connectivity index (χ2n) is 5.63. The minimum atomic E-state index is -0.674. The predicted octanol–water partition coefficient (Wildman–Crippen LogP) is 3.65. The van der Waals surface area contributed by atoms with Crippen LogP contribution in [0, 0.1) is 5.82 Å². The average molecular weight is 395 g/mol. The Kier molecular flexibility index (Phi) is 7.94. The number of carbonyl (C=O) groups excluding carboxylic acids is 2. The largest absolute Gasteiger partial charge is 0.350 e. The third-order valence-electron chi connectivity index (χ3n) is 3.73. The van der Waals surface area contributed by atoms with Crippen molar-refractivity contribution in [3.63, 3.8) is 0 Å². The normalized spacial score (nSPS) is 11.7. The molecule has 1 atom stereocenters. The summed E-state index contributed by atoms with van der Waals surface area (Å²) in [5.41, 5.74) is 1.11. The second-order valence-corrected chi connectivity index (χ2v) is 7.02. The van der Waals surface area contributed by atoms with E-state index in [4.69, 9.17) is 11.6 Å². The van der Waals surface area contributed by atoms with Gasteiger partial charge >= 0.3 is 0 Å². The molecule has 0 aliphatic carbocycles. The summed E-state index contributed by atoms with van der Waals surface area (Å²) in [5, 5.41) is 5.86. The number of carbonyl (C=O) groups is 2. The summed E-state index contributed by atoms with van der Waals surface area (Å²) in [6.45, 7) is 0.261. The summed E-state index contributed by atoms with van der Waals surface area (Å²) in [5.74, 6) is -0.287. The zero-order chi connectivity index (χ0) is 18.9. The third kappa shape index (κ3) is 6.04. The van der Waals surface area contributed by atoms with Crippen molar-refractivity contribution >= 4 is 35.2 Å². The van der Waals surface area contributed by atoms with Crippen molar-refractivity contribution in [2.45, 2.75) is 19.0 Å². The maximum absolute atomic E-state index is 12.9. The minimum Gasteiger partial charge on any atom is -0.350 e. The molecule has 2 aromatic rings. The van der Waals surface area contributed by atoms with E-state index in [9.17, 15) is 14.0 Å². The van der Waals surface area contributed by atoms with E-state index < -0.39 is 11.9 Å². The Morgan fingerprint density at radius 1 is 1.15 bits per heavy atom. The summed E-state index contributed by atoms with van der Waals surface area (Å²) in [4.78, 5) is 24.9. The molecule has 1 unspecified atom stereocenters. The van der Waals surface area contributed by atoms with Crippen molar-refractivity contribution in [2.24, 2.45) is 0 Å². The summed E-state index contributed by atoms with van der Waals surface area (Å²) in [7, 11) is 0. The van der Waals surface area contributed by atoms with Gasteiger partial charge in [-0.1, -0.05) is 35.9 Å². The quantitative estimate of drug-likeness (QED) is 0.718. The number of hydrogen-bond donors (Lipinski definition) is 2. The van der Waals surface area contributed by atoms with Crippen LogP contribution in [0.2, 0.25) is 5.02 Å². The van der Waals surface area contributed by atoms with Gasteiger partial charge in [-0.3, -0.25) is 9.59 Å². The van der Waals surface area contributed by atoms with Crippen LogP contribution in [0.1, 0.15) is 22.3 Å². The zero-order valence-electron chi connectivity index (χ0n) is 14.3. The van der Waals surface area contributed by atoms with E-state index in [-0.39, 0.29) is 18.3 Å². The van der Waals surface area contributed by atoms with Crippen LogP contribution < -0.4 is 10.6 Å². The lowest BCUT2D eigenvalue weighted by atomic mass is 10.1. The first-order valence-electron chi connectivity index (χ1n) is 8.07. The molecule has 0 spiro atoms. The zero-order valence-corrected chi connectivity index (χ0v) is 15.9. The molecule has 2 amide bonds. The second kappa shape index (κ2) is 10.2. The highest BCUT2D eigenvalue weighted by atomic mass is 35.5. The van der Waals surface area contributed by atoms with Crippen LogP contribution in [0.15, 0.2) is 48.5 Å². The van der Waals surface area contributed by atoms with Crippen molar-refractivity contribution in [3.8, 4) is 0 Å². The highest BCUT2D eigenvalue weighted by Crippen LogP contribution is 2.15. The molecule has 0 heterocycles. The SMILES string of the molecule is CSCCC(NC(=O)c1ccccc1Cl)C(=O)NCc1ccc(F)cc1. The van der Waals surface area contributed by atoms with E-state index in [1.807, 2.05) is 6.26 Å². The number of benzene rings is 2. The van der Waals surface area contributed by atoms with Crippen molar-refractivity contribution in [1.29, 1.82) is 0 Å². The van der Waals surface area contributed by atoms with Crippen LogP contribution in [0.3, 0.4) is 0 Å². The Balaban J connectivity index is 2.00. The van der Waals surface area contributed by atoms with Gasteiger partial charge in [0.05, 0.1) is 10.6 Å². The van der Waals surface area contributed by atoms with Crippen LogP contribution in [0.25, 0.3) is 0 Å². The predicted molar refractivity (Wildman–Crippen MR) is 104 cm³/mol.